The minimum Gasteiger partial charge on any atom is -0.493 e. The van der Waals surface area contributed by atoms with Gasteiger partial charge in [0.2, 0.25) is 0 Å². The molecule has 6 nitrogen and oxygen atoms in total. The van der Waals surface area contributed by atoms with Crippen molar-refractivity contribution in [2.24, 2.45) is 0 Å². The van der Waals surface area contributed by atoms with E-state index in [0.717, 1.165) is 65.6 Å². The number of hydrogen-bond donors (Lipinski definition) is 0. The van der Waals surface area contributed by atoms with Crippen molar-refractivity contribution < 1.29 is 18.6 Å². The van der Waals surface area contributed by atoms with Crippen LogP contribution in [0.15, 0.2) is 59.3 Å². The molecule has 3 heterocycles. The van der Waals surface area contributed by atoms with Gasteiger partial charge in [0.05, 0.1) is 21.3 Å². The zero-order chi connectivity index (χ0) is 22.1. The number of nitrogens with zero attached hydrogens (tertiary/aromatic N) is 2. The maximum Gasteiger partial charge on any atom is 0.176 e. The smallest absolute Gasteiger partial charge is 0.176 e. The Hall–Kier alpha value is -3.51. The third-order valence-electron chi connectivity index (χ3n) is 6.11. The highest BCUT2D eigenvalue weighted by atomic mass is 16.5. The van der Waals surface area contributed by atoms with Gasteiger partial charge in [-0.3, -0.25) is 9.88 Å². The van der Waals surface area contributed by atoms with Crippen LogP contribution in [0.3, 0.4) is 0 Å². The van der Waals surface area contributed by atoms with E-state index < -0.39 is 0 Å². The zero-order valence-corrected chi connectivity index (χ0v) is 18.6. The molecule has 0 bridgehead atoms. The standard InChI is InChI=1S/C26H26N2O4/c1-29-22-5-4-19(21-14-23(32-26(21)22)17-6-9-27-10-7-17)15-28-11-8-18-12-24(30-2)25(31-3)13-20(18)16-28/h4-7,9-10,12-14H,8,11,15-16H2,1-3H3. The predicted octanol–water partition coefficient (Wildman–Crippen LogP) is 5.08. The fraction of sp³-hybridized carbons (Fsp3) is 0.269. The highest BCUT2D eigenvalue weighted by Gasteiger charge is 2.21. The molecule has 164 valence electrons. The third kappa shape index (κ3) is 3.67. The fourth-order valence-corrected chi connectivity index (χ4v) is 4.43. The minimum atomic E-state index is 0.741. The van der Waals surface area contributed by atoms with Crippen molar-refractivity contribution in [1.29, 1.82) is 0 Å². The van der Waals surface area contributed by atoms with Crippen LogP contribution in [0, 0.1) is 0 Å². The first-order chi connectivity index (χ1) is 15.7. The lowest BCUT2D eigenvalue weighted by Crippen LogP contribution is -2.30. The third-order valence-corrected chi connectivity index (χ3v) is 6.11. The van der Waals surface area contributed by atoms with Crippen molar-refractivity contribution in [3.63, 3.8) is 0 Å². The van der Waals surface area contributed by atoms with Crippen molar-refractivity contribution in [2.75, 3.05) is 27.9 Å². The summed E-state index contributed by atoms with van der Waals surface area (Å²) in [5.74, 6) is 3.12. The Balaban J connectivity index is 1.46. The van der Waals surface area contributed by atoms with Crippen LogP contribution in [0.4, 0.5) is 0 Å². The first-order valence-corrected chi connectivity index (χ1v) is 10.7. The summed E-state index contributed by atoms with van der Waals surface area (Å²) in [6, 6.07) is 14.3. The number of ether oxygens (including phenoxy) is 3. The van der Waals surface area contributed by atoms with Gasteiger partial charge in [0, 0.05) is 43.0 Å². The number of fused-ring (bicyclic) bond motifs is 2. The second kappa shape index (κ2) is 8.55. The summed E-state index contributed by atoms with van der Waals surface area (Å²) in [5.41, 5.74) is 5.59. The molecule has 0 saturated carbocycles. The first-order valence-electron chi connectivity index (χ1n) is 10.7. The summed E-state index contributed by atoms with van der Waals surface area (Å²) in [6.07, 6.45) is 4.52. The van der Waals surface area contributed by atoms with E-state index >= 15 is 0 Å². The summed E-state index contributed by atoms with van der Waals surface area (Å²) in [6.45, 7) is 2.66. The largest absolute Gasteiger partial charge is 0.493 e. The highest BCUT2D eigenvalue weighted by Crippen LogP contribution is 2.37. The van der Waals surface area contributed by atoms with E-state index in [2.05, 4.69) is 34.1 Å². The number of benzene rings is 2. The summed E-state index contributed by atoms with van der Waals surface area (Å²) in [7, 11) is 5.03. The molecule has 0 fully saturated rings. The summed E-state index contributed by atoms with van der Waals surface area (Å²) in [4.78, 5) is 6.56. The van der Waals surface area contributed by atoms with Crippen LogP contribution in [0.5, 0.6) is 17.2 Å². The van der Waals surface area contributed by atoms with E-state index in [4.69, 9.17) is 18.6 Å². The number of aromatic nitrogens is 1. The van der Waals surface area contributed by atoms with E-state index in [1.807, 2.05) is 18.2 Å². The van der Waals surface area contributed by atoms with E-state index in [0.29, 0.717) is 0 Å². The number of furan rings is 1. The van der Waals surface area contributed by atoms with E-state index in [-0.39, 0.29) is 0 Å². The molecule has 2 aromatic carbocycles. The predicted molar refractivity (Wildman–Crippen MR) is 123 cm³/mol. The van der Waals surface area contributed by atoms with Gasteiger partial charge in [0.25, 0.3) is 0 Å². The molecule has 0 saturated heterocycles. The molecule has 1 aliphatic rings. The van der Waals surface area contributed by atoms with Crippen LogP contribution < -0.4 is 14.2 Å². The topological polar surface area (TPSA) is 57.0 Å². The highest BCUT2D eigenvalue weighted by molar-refractivity contribution is 5.90. The molecule has 4 aromatic rings. The number of hydrogen-bond acceptors (Lipinski definition) is 6. The molecule has 0 N–H and O–H groups in total. The van der Waals surface area contributed by atoms with Crippen LogP contribution in [0.25, 0.3) is 22.3 Å². The SMILES string of the molecule is COc1cc2c(cc1OC)CN(Cc1ccc(OC)c3oc(-c4ccncc4)cc13)CC2. The Kier molecular flexibility index (Phi) is 5.45. The van der Waals surface area contributed by atoms with Gasteiger partial charge in [-0.25, -0.2) is 0 Å². The average molecular weight is 431 g/mol. The molecule has 0 unspecified atom stereocenters. The Morgan fingerprint density at radius 2 is 1.59 bits per heavy atom. The van der Waals surface area contributed by atoms with Crippen molar-refractivity contribution in [3.05, 3.63) is 71.5 Å². The summed E-state index contributed by atoms with van der Waals surface area (Å²) in [5, 5.41) is 1.08. The maximum atomic E-state index is 6.22. The molecule has 0 spiro atoms. The van der Waals surface area contributed by atoms with Gasteiger partial charge < -0.3 is 18.6 Å². The summed E-state index contributed by atoms with van der Waals surface area (Å²) < 4.78 is 22.8. The van der Waals surface area contributed by atoms with E-state index in [1.54, 1.807) is 33.7 Å². The molecule has 32 heavy (non-hydrogen) atoms. The van der Waals surface area contributed by atoms with Crippen LogP contribution in [0.1, 0.15) is 16.7 Å². The summed E-state index contributed by atoms with van der Waals surface area (Å²) >= 11 is 0. The normalized spacial score (nSPS) is 13.7. The van der Waals surface area contributed by atoms with Gasteiger partial charge in [-0.2, -0.15) is 0 Å². The fourth-order valence-electron chi connectivity index (χ4n) is 4.43. The Morgan fingerprint density at radius 3 is 2.31 bits per heavy atom. The second-order valence-electron chi connectivity index (χ2n) is 7.95. The van der Waals surface area contributed by atoms with Gasteiger partial charge in [-0.1, -0.05) is 6.07 Å². The van der Waals surface area contributed by atoms with Gasteiger partial charge in [0.1, 0.15) is 5.76 Å². The molecule has 0 amide bonds. The van der Waals surface area contributed by atoms with Crippen molar-refractivity contribution in [1.82, 2.24) is 9.88 Å². The number of rotatable bonds is 6. The van der Waals surface area contributed by atoms with Crippen molar-refractivity contribution in [2.45, 2.75) is 19.5 Å². The van der Waals surface area contributed by atoms with Crippen LogP contribution in [-0.4, -0.2) is 37.8 Å². The van der Waals surface area contributed by atoms with Gasteiger partial charge in [-0.05, 0) is 59.5 Å². The molecule has 6 heteroatoms. The lowest BCUT2D eigenvalue weighted by molar-refractivity contribution is 0.245. The van der Waals surface area contributed by atoms with Gasteiger partial charge in [0.15, 0.2) is 22.8 Å². The number of methoxy groups -OCH3 is 3. The van der Waals surface area contributed by atoms with Crippen LogP contribution in [0.2, 0.25) is 0 Å². The Morgan fingerprint density at radius 1 is 0.875 bits per heavy atom. The van der Waals surface area contributed by atoms with Crippen molar-refractivity contribution in [3.8, 4) is 28.6 Å². The molecular weight excluding hydrogens is 404 g/mol. The van der Waals surface area contributed by atoms with Crippen LogP contribution >= 0.6 is 0 Å². The first kappa shape index (κ1) is 20.4. The van der Waals surface area contributed by atoms with Gasteiger partial charge >= 0.3 is 0 Å². The quantitative estimate of drug-likeness (QED) is 0.425. The molecule has 0 atom stereocenters. The zero-order valence-electron chi connectivity index (χ0n) is 18.6. The van der Waals surface area contributed by atoms with Gasteiger partial charge in [-0.15, -0.1) is 0 Å². The van der Waals surface area contributed by atoms with Crippen molar-refractivity contribution >= 4 is 11.0 Å². The molecule has 0 radical (unpaired) electrons. The molecular formula is C26H26N2O4. The Bertz CT molecular complexity index is 1250. The number of pyridine rings is 1. The molecule has 2 aromatic heterocycles. The Labute approximate surface area is 187 Å². The average Bonchev–Trinajstić information content (AvgIpc) is 3.30. The lowest BCUT2D eigenvalue weighted by Gasteiger charge is -2.29. The van der Waals surface area contributed by atoms with E-state index in [9.17, 15) is 0 Å². The minimum absolute atomic E-state index is 0.741. The maximum absolute atomic E-state index is 6.22. The second-order valence-corrected chi connectivity index (χ2v) is 7.95. The lowest BCUT2D eigenvalue weighted by atomic mass is 9.98. The monoisotopic (exact) mass is 430 g/mol. The van der Waals surface area contributed by atoms with E-state index in [1.165, 1.54) is 16.7 Å². The molecule has 0 aliphatic carbocycles. The van der Waals surface area contributed by atoms with Crippen LogP contribution in [-0.2, 0) is 19.5 Å². The molecule has 1 aliphatic heterocycles. The molecule has 5 rings (SSSR count).